The minimum absolute atomic E-state index is 0.113. The second-order valence-electron chi connectivity index (χ2n) is 5.03. The van der Waals surface area contributed by atoms with Crippen LogP contribution in [0.25, 0.3) is 0 Å². The minimum Gasteiger partial charge on any atom is -0.324 e. The Labute approximate surface area is 123 Å². The van der Waals surface area contributed by atoms with Gasteiger partial charge in [-0.3, -0.25) is 4.68 Å². The molecule has 0 spiro atoms. The van der Waals surface area contributed by atoms with E-state index in [1.54, 1.807) is 6.07 Å². The highest BCUT2D eigenvalue weighted by Gasteiger charge is 2.12. The fourth-order valence-corrected chi connectivity index (χ4v) is 2.12. The smallest absolute Gasteiger partial charge is 0.142 e. The molecule has 0 amide bonds. The van der Waals surface area contributed by atoms with Crippen molar-refractivity contribution in [2.75, 3.05) is 0 Å². The van der Waals surface area contributed by atoms with Crippen LogP contribution in [0.3, 0.4) is 0 Å². The zero-order valence-corrected chi connectivity index (χ0v) is 12.4. The molecule has 2 atom stereocenters. The van der Waals surface area contributed by atoms with Crippen molar-refractivity contribution in [1.29, 1.82) is 0 Å². The Kier molecular flexibility index (Phi) is 4.78. The summed E-state index contributed by atoms with van der Waals surface area (Å²) >= 11 is 5.67. The summed E-state index contributed by atoms with van der Waals surface area (Å²) in [6.07, 6.45) is 3.55. The lowest BCUT2D eigenvalue weighted by Gasteiger charge is -2.12. The lowest BCUT2D eigenvalue weighted by atomic mass is 10.0. The molecule has 2 aromatic rings. The first kappa shape index (κ1) is 15.0. The van der Waals surface area contributed by atoms with Crippen LogP contribution in [0.2, 0.25) is 5.02 Å². The van der Waals surface area contributed by atoms with E-state index < -0.39 is 5.82 Å². The van der Waals surface area contributed by atoms with Gasteiger partial charge < -0.3 is 5.73 Å². The van der Waals surface area contributed by atoms with E-state index in [0.29, 0.717) is 12.5 Å². The third-order valence-electron chi connectivity index (χ3n) is 3.51. The van der Waals surface area contributed by atoms with E-state index in [2.05, 4.69) is 18.9 Å². The van der Waals surface area contributed by atoms with E-state index in [0.717, 1.165) is 17.7 Å². The zero-order valence-electron chi connectivity index (χ0n) is 11.7. The minimum atomic E-state index is -0.440. The van der Waals surface area contributed by atoms with Gasteiger partial charge >= 0.3 is 0 Å². The molecule has 0 saturated heterocycles. The molecule has 0 bridgehead atoms. The van der Waals surface area contributed by atoms with E-state index in [4.69, 9.17) is 17.3 Å². The van der Waals surface area contributed by atoms with Crippen molar-refractivity contribution in [2.45, 2.75) is 38.8 Å². The van der Waals surface area contributed by atoms with Crippen LogP contribution >= 0.6 is 11.6 Å². The summed E-state index contributed by atoms with van der Waals surface area (Å²) in [6.45, 7) is 4.24. The van der Waals surface area contributed by atoms with Crippen LogP contribution in [0.5, 0.6) is 0 Å². The van der Waals surface area contributed by atoms with Gasteiger partial charge in [0.1, 0.15) is 5.82 Å². The van der Waals surface area contributed by atoms with Crippen molar-refractivity contribution in [1.82, 2.24) is 9.78 Å². The molecule has 1 aromatic carbocycles. The van der Waals surface area contributed by atoms with Gasteiger partial charge in [-0.25, -0.2) is 4.39 Å². The van der Waals surface area contributed by atoms with E-state index in [1.807, 2.05) is 16.9 Å². The Hall–Kier alpha value is -1.39. The number of hydrogen-bond acceptors (Lipinski definition) is 2. The maximum Gasteiger partial charge on any atom is 0.142 e. The molecule has 1 aromatic heterocycles. The molecule has 0 aliphatic carbocycles. The molecule has 0 aliphatic rings. The Morgan fingerprint density at radius 1 is 1.40 bits per heavy atom. The van der Waals surface area contributed by atoms with Crippen molar-refractivity contribution in [3.05, 3.63) is 52.6 Å². The zero-order chi connectivity index (χ0) is 14.7. The maximum atomic E-state index is 13.4. The Balaban J connectivity index is 2.09. The summed E-state index contributed by atoms with van der Waals surface area (Å²) in [6, 6.07) is 6.71. The number of halogens is 2. The molecule has 0 aliphatic heterocycles. The van der Waals surface area contributed by atoms with Crippen molar-refractivity contribution in [2.24, 2.45) is 5.73 Å². The molecule has 20 heavy (non-hydrogen) atoms. The normalized spacial score (nSPS) is 14.2. The highest BCUT2D eigenvalue weighted by molar-refractivity contribution is 6.30. The maximum absolute atomic E-state index is 13.4. The van der Waals surface area contributed by atoms with Crippen molar-refractivity contribution in [3.63, 3.8) is 0 Å². The molecular formula is C15H19ClFN3. The lowest BCUT2D eigenvalue weighted by Crippen LogP contribution is -2.14. The van der Waals surface area contributed by atoms with E-state index in [1.165, 1.54) is 12.1 Å². The number of rotatable bonds is 5. The summed E-state index contributed by atoms with van der Waals surface area (Å²) in [5, 5.41) is 4.62. The predicted molar refractivity (Wildman–Crippen MR) is 79.3 cm³/mol. The summed E-state index contributed by atoms with van der Waals surface area (Å²) < 4.78 is 15.4. The highest BCUT2D eigenvalue weighted by Crippen LogP contribution is 2.21. The predicted octanol–water partition coefficient (Wildman–Crippen LogP) is 3.89. The summed E-state index contributed by atoms with van der Waals surface area (Å²) in [7, 11) is 0. The largest absolute Gasteiger partial charge is 0.324 e. The third kappa shape index (κ3) is 3.38. The fraction of sp³-hybridized carbons (Fsp3) is 0.400. The van der Waals surface area contributed by atoms with E-state index in [-0.39, 0.29) is 11.1 Å². The first-order chi connectivity index (χ1) is 9.51. The van der Waals surface area contributed by atoms with E-state index in [9.17, 15) is 4.39 Å². The molecule has 0 radical (unpaired) electrons. The summed E-state index contributed by atoms with van der Waals surface area (Å²) in [4.78, 5) is 0. The fourth-order valence-electron chi connectivity index (χ4n) is 2.00. The first-order valence-corrected chi connectivity index (χ1v) is 7.13. The van der Waals surface area contributed by atoms with Crippen LogP contribution < -0.4 is 5.73 Å². The number of aromatic nitrogens is 2. The molecule has 3 nitrogen and oxygen atoms in total. The molecule has 5 heteroatoms. The van der Waals surface area contributed by atoms with Gasteiger partial charge in [-0.05, 0) is 37.1 Å². The van der Waals surface area contributed by atoms with Crippen LogP contribution in [0.15, 0.2) is 30.5 Å². The first-order valence-electron chi connectivity index (χ1n) is 6.75. The molecule has 0 fully saturated rings. The molecule has 1 heterocycles. The number of hydrogen-bond donors (Lipinski definition) is 1. The lowest BCUT2D eigenvalue weighted by molar-refractivity contribution is 0.472. The van der Waals surface area contributed by atoms with Gasteiger partial charge in [0.25, 0.3) is 0 Å². The van der Waals surface area contributed by atoms with Crippen LogP contribution in [0.1, 0.15) is 43.6 Å². The van der Waals surface area contributed by atoms with Gasteiger partial charge in [0.05, 0.1) is 10.7 Å². The SMILES string of the molecule is CCC(C)n1ccc(CC(N)c2ccc(Cl)c(F)c2)n1. The Morgan fingerprint density at radius 2 is 2.15 bits per heavy atom. The second-order valence-corrected chi connectivity index (χ2v) is 5.44. The topological polar surface area (TPSA) is 43.8 Å². The van der Waals surface area contributed by atoms with Crippen molar-refractivity contribution in [3.8, 4) is 0 Å². The molecule has 2 N–H and O–H groups in total. The molecule has 108 valence electrons. The van der Waals surface area contributed by atoms with Crippen molar-refractivity contribution >= 4 is 11.6 Å². The Bertz CT molecular complexity index is 582. The van der Waals surface area contributed by atoms with Gasteiger partial charge in [-0.2, -0.15) is 5.10 Å². The number of nitrogens with zero attached hydrogens (tertiary/aromatic N) is 2. The summed E-state index contributed by atoms with van der Waals surface area (Å²) in [5.41, 5.74) is 7.74. The number of benzene rings is 1. The van der Waals surface area contributed by atoms with Gasteiger partial charge in [0.2, 0.25) is 0 Å². The quantitative estimate of drug-likeness (QED) is 0.909. The third-order valence-corrected chi connectivity index (χ3v) is 3.81. The second kappa shape index (κ2) is 6.37. The molecule has 2 rings (SSSR count). The number of nitrogens with two attached hydrogens (primary N) is 1. The van der Waals surface area contributed by atoms with Gasteiger partial charge in [-0.1, -0.05) is 24.6 Å². The molecular weight excluding hydrogens is 277 g/mol. The summed E-state index contributed by atoms with van der Waals surface area (Å²) in [5.74, 6) is -0.440. The van der Waals surface area contributed by atoms with Crippen molar-refractivity contribution < 1.29 is 4.39 Å². The van der Waals surface area contributed by atoms with Crippen LogP contribution in [0, 0.1) is 5.82 Å². The highest BCUT2D eigenvalue weighted by atomic mass is 35.5. The van der Waals surface area contributed by atoms with Crippen LogP contribution in [-0.4, -0.2) is 9.78 Å². The van der Waals surface area contributed by atoms with Gasteiger partial charge in [0, 0.05) is 24.7 Å². The Morgan fingerprint density at radius 3 is 2.80 bits per heavy atom. The average molecular weight is 296 g/mol. The van der Waals surface area contributed by atoms with Gasteiger partial charge in [0.15, 0.2) is 0 Å². The average Bonchev–Trinajstić information content (AvgIpc) is 2.89. The molecule has 2 unspecified atom stereocenters. The standard InChI is InChI=1S/C15H19ClFN3/c1-3-10(2)20-7-6-12(19-20)9-15(18)11-4-5-13(16)14(17)8-11/h4-8,10,15H,3,9,18H2,1-2H3. The van der Waals surface area contributed by atoms with E-state index >= 15 is 0 Å². The van der Waals surface area contributed by atoms with Crippen LogP contribution in [0.4, 0.5) is 4.39 Å². The van der Waals surface area contributed by atoms with Gasteiger partial charge in [-0.15, -0.1) is 0 Å². The van der Waals surface area contributed by atoms with Crippen LogP contribution in [-0.2, 0) is 6.42 Å². The molecule has 0 saturated carbocycles. The monoisotopic (exact) mass is 295 g/mol.